The van der Waals surface area contributed by atoms with Gasteiger partial charge in [-0.2, -0.15) is 5.10 Å². The quantitative estimate of drug-likeness (QED) is 0.825. The fourth-order valence-corrected chi connectivity index (χ4v) is 3.23. The minimum atomic E-state index is 0.119. The second-order valence-electron chi connectivity index (χ2n) is 5.89. The van der Waals surface area contributed by atoms with Crippen molar-refractivity contribution in [3.63, 3.8) is 0 Å². The summed E-state index contributed by atoms with van der Waals surface area (Å²) >= 11 is 3.68. The summed E-state index contributed by atoms with van der Waals surface area (Å²) in [6, 6.07) is 0.388. The van der Waals surface area contributed by atoms with Crippen LogP contribution < -0.4 is 5.32 Å². The molecule has 0 saturated carbocycles. The molecule has 0 amide bonds. The maximum atomic E-state index is 4.50. The van der Waals surface area contributed by atoms with Crippen LogP contribution >= 0.6 is 15.9 Å². The van der Waals surface area contributed by atoms with Crippen molar-refractivity contribution in [1.29, 1.82) is 0 Å². The van der Waals surface area contributed by atoms with Gasteiger partial charge in [0.2, 0.25) is 0 Å². The first-order chi connectivity index (χ1) is 9.27. The lowest BCUT2D eigenvalue weighted by Crippen LogP contribution is -2.58. The number of halogens is 1. The lowest BCUT2D eigenvalue weighted by Gasteiger charge is -2.43. The monoisotopic (exact) mass is 344 g/mol. The Bertz CT molecular complexity index is 441. The minimum Gasteiger partial charge on any atom is -0.312 e. The van der Waals surface area contributed by atoms with E-state index in [0.29, 0.717) is 6.04 Å². The zero-order chi connectivity index (χ0) is 15.5. The average molecular weight is 345 g/mol. The van der Waals surface area contributed by atoms with Crippen LogP contribution in [0.2, 0.25) is 0 Å². The third kappa shape index (κ3) is 3.43. The molecule has 0 aliphatic heterocycles. The van der Waals surface area contributed by atoms with E-state index in [1.807, 2.05) is 18.7 Å². The van der Waals surface area contributed by atoms with Gasteiger partial charge in [0.25, 0.3) is 0 Å². The number of nitrogens with zero attached hydrogens (tertiary/aromatic N) is 3. The van der Waals surface area contributed by atoms with Crippen LogP contribution in [-0.2, 0) is 13.5 Å². The van der Waals surface area contributed by atoms with E-state index >= 15 is 0 Å². The number of aromatic nitrogens is 2. The van der Waals surface area contributed by atoms with E-state index in [0.717, 1.165) is 29.6 Å². The Hall–Kier alpha value is -0.390. The normalized spacial score (nSPS) is 16.4. The summed E-state index contributed by atoms with van der Waals surface area (Å²) in [5, 5.41) is 8.17. The topological polar surface area (TPSA) is 33.1 Å². The van der Waals surface area contributed by atoms with E-state index in [4.69, 9.17) is 0 Å². The molecule has 1 rings (SSSR count). The molecular weight excluding hydrogens is 316 g/mol. The van der Waals surface area contributed by atoms with Crippen molar-refractivity contribution >= 4 is 15.9 Å². The van der Waals surface area contributed by atoms with Crippen molar-refractivity contribution in [2.24, 2.45) is 7.05 Å². The molecule has 0 spiro atoms. The van der Waals surface area contributed by atoms with Crippen molar-refractivity contribution in [1.82, 2.24) is 20.0 Å². The maximum Gasteiger partial charge on any atom is 0.0738 e. The molecule has 0 fully saturated rings. The Morgan fingerprint density at radius 1 is 1.40 bits per heavy atom. The van der Waals surface area contributed by atoms with Crippen molar-refractivity contribution in [3.8, 4) is 0 Å². The Labute approximate surface area is 132 Å². The van der Waals surface area contributed by atoms with E-state index in [1.165, 1.54) is 5.69 Å². The number of hydrogen-bond donors (Lipinski definition) is 1. The molecule has 1 aromatic heterocycles. The molecule has 2 unspecified atom stereocenters. The molecule has 1 heterocycles. The highest BCUT2D eigenvalue weighted by molar-refractivity contribution is 9.10. The molecular formula is C15H29BrN4. The van der Waals surface area contributed by atoms with Crippen molar-refractivity contribution in [3.05, 3.63) is 15.9 Å². The molecule has 0 aliphatic rings. The van der Waals surface area contributed by atoms with E-state index in [1.54, 1.807) is 0 Å². The van der Waals surface area contributed by atoms with Crippen LogP contribution in [0.1, 0.15) is 38.6 Å². The first-order valence-electron chi connectivity index (χ1n) is 7.36. The van der Waals surface area contributed by atoms with Gasteiger partial charge in [-0.15, -0.1) is 0 Å². The van der Waals surface area contributed by atoms with Crippen LogP contribution in [-0.4, -0.2) is 46.9 Å². The van der Waals surface area contributed by atoms with E-state index < -0.39 is 0 Å². The van der Waals surface area contributed by atoms with E-state index in [9.17, 15) is 0 Å². The van der Waals surface area contributed by atoms with Crippen LogP contribution in [0.3, 0.4) is 0 Å². The van der Waals surface area contributed by atoms with Gasteiger partial charge in [-0.1, -0.05) is 13.8 Å². The van der Waals surface area contributed by atoms with E-state index in [2.05, 4.69) is 66.1 Å². The highest BCUT2D eigenvalue weighted by Gasteiger charge is 2.35. The molecule has 1 aromatic rings. The summed E-state index contributed by atoms with van der Waals surface area (Å²) in [6.45, 7) is 9.77. The third-order valence-corrected chi connectivity index (χ3v) is 5.63. The van der Waals surface area contributed by atoms with Crippen molar-refractivity contribution in [2.75, 3.05) is 20.6 Å². The number of hydrogen-bond acceptors (Lipinski definition) is 3. The Kier molecular flexibility index (Phi) is 6.23. The molecule has 1 N–H and O–H groups in total. The van der Waals surface area contributed by atoms with Gasteiger partial charge in [0, 0.05) is 25.0 Å². The Morgan fingerprint density at radius 2 is 2.00 bits per heavy atom. The highest BCUT2D eigenvalue weighted by atomic mass is 79.9. The second kappa shape index (κ2) is 7.05. The van der Waals surface area contributed by atoms with Gasteiger partial charge in [-0.05, 0) is 56.8 Å². The molecule has 0 aliphatic carbocycles. The maximum absolute atomic E-state index is 4.50. The van der Waals surface area contributed by atoms with Crippen LogP contribution in [0.15, 0.2) is 4.47 Å². The highest BCUT2D eigenvalue weighted by Crippen LogP contribution is 2.27. The van der Waals surface area contributed by atoms with Crippen LogP contribution in [0.25, 0.3) is 0 Å². The lowest BCUT2D eigenvalue weighted by atomic mass is 9.85. The number of nitrogens with one attached hydrogen (secondary N) is 1. The molecule has 0 saturated heterocycles. The van der Waals surface area contributed by atoms with Crippen LogP contribution in [0.5, 0.6) is 0 Å². The number of aryl methyl sites for hydroxylation is 2. The first kappa shape index (κ1) is 17.7. The largest absolute Gasteiger partial charge is 0.312 e. The molecule has 0 bridgehead atoms. The molecule has 20 heavy (non-hydrogen) atoms. The SMILES string of the molecule is CCNC(Cc1c(Br)c(C)nn1C)C(C)(CC)N(C)C. The zero-order valence-corrected chi connectivity index (χ0v) is 15.5. The number of likely N-dealkylation sites (N-methyl/N-ethyl adjacent to an activating group) is 2. The van der Waals surface area contributed by atoms with Gasteiger partial charge in [0.05, 0.1) is 15.9 Å². The van der Waals surface area contributed by atoms with Gasteiger partial charge < -0.3 is 10.2 Å². The lowest BCUT2D eigenvalue weighted by molar-refractivity contribution is 0.112. The minimum absolute atomic E-state index is 0.119. The summed E-state index contributed by atoms with van der Waals surface area (Å²) in [5.41, 5.74) is 2.43. The summed E-state index contributed by atoms with van der Waals surface area (Å²) in [5.74, 6) is 0. The van der Waals surface area contributed by atoms with Gasteiger partial charge in [-0.25, -0.2) is 0 Å². The fraction of sp³-hybridized carbons (Fsp3) is 0.800. The fourth-order valence-electron chi connectivity index (χ4n) is 2.73. The average Bonchev–Trinajstić information content (AvgIpc) is 2.63. The molecule has 5 heteroatoms. The number of rotatable bonds is 7. The van der Waals surface area contributed by atoms with Gasteiger partial charge in [0.15, 0.2) is 0 Å². The van der Waals surface area contributed by atoms with Crippen molar-refractivity contribution in [2.45, 2.75) is 52.1 Å². The van der Waals surface area contributed by atoms with Crippen LogP contribution in [0, 0.1) is 6.92 Å². The first-order valence-corrected chi connectivity index (χ1v) is 8.15. The zero-order valence-electron chi connectivity index (χ0n) is 13.9. The Morgan fingerprint density at radius 3 is 2.35 bits per heavy atom. The molecule has 0 radical (unpaired) electrons. The summed E-state index contributed by atoms with van der Waals surface area (Å²) in [4.78, 5) is 2.33. The smallest absolute Gasteiger partial charge is 0.0738 e. The van der Waals surface area contributed by atoms with Gasteiger partial charge >= 0.3 is 0 Å². The predicted octanol–water partition coefficient (Wildman–Crippen LogP) is 2.74. The van der Waals surface area contributed by atoms with Crippen LogP contribution in [0.4, 0.5) is 0 Å². The summed E-state index contributed by atoms with van der Waals surface area (Å²) < 4.78 is 3.13. The standard InChI is InChI=1S/C15H29BrN4/c1-8-15(4,19(5)6)13(17-9-2)10-12-14(16)11(3)18-20(12)7/h13,17H,8-10H2,1-7H3. The predicted molar refractivity (Wildman–Crippen MR) is 89.2 cm³/mol. The molecule has 2 atom stereocenters. The summed E-state index contributed by atoms with van der Waals surface area (Å²) in [7, 11) is 6.35. The second-order valence-corrected chi connectivity index (χ2v) is 6.68. The Balaban J connectivity index is 3.09. The van der Waals surface area contributed by atoms with Gasteiger partial charge in [-0.3, -0.25) is 4.68 Å². The van der Waals surface area contributed by atoms with E-state index in [-0.39, 0.29) is 5.54 Å². The molecule has 4 nitrogen and oxygen atoms in total. The molecule has 116 valence electrons. The molecule has 0 aromatic carbocycles. The third-order valence-electron chi connectivity index (χ3n) is 4.60. The summed E-state index contributed by atoms with van der Waals surface area (Å²) in [6.07, 6.45) is 2.07. The van der Waals surface area contributed by atoms with Crippen molar-refractivity contribution < 1.29 is 0 Å². The van der Waals surface area contributed by atoms with Gasteiger partial charge in [0.1, 0.15) is 0 Å².